The first kappa shape index (κ1) is 12.5. The van der Waals surface area contributed by atoms with Gasteiger partial charge in [0.05, 0.1) is 13.5 Å². The first-order valence-corrected chi connectivity index (χ1v) is 4.46. The molecule has 0 saturated carbocycles. The third-order valence-electron chi connectivity index (χ3n) is 2.13. The zero-order valence-electron chi connectivity index (χ0n) is 8.76. The Morgan fingerprint density at radius 1 is 1.56 bits per heavy atom. The van der Waals surface area contributed by atoms with Crippen molar-refractivity contribution in [3.8, 4) is 0 Å². The Morgan fingerprint density at radius 3 is 2.69 bits per heavy atom. The molecule has 1 aromatic rings. The van der Waals surface area contributed by atoms with Gasteiger partial charge in [-0.05, 0) is 18.6 Å². The molecule has 1 aromatic heterocycles. The van der Waals surface area contributed by atoms with E-state index in [0.717, 1.165) is 6.07 Å². The Kier molecular flexibility index (Phi) is 3.87. The van der Waals surface area contributed by atoms with Gasteiger partial charge in [0.2, 0.25) is 5.95 Å². The van der Waals surface area contributed by atoms with Gasteiger partial charge in [0.1, 0.15) is 5.69 Å². The number of alkyl halides is 2. The highest BCUT2D eigenvalue weighted by Gasteiger charge is 2.17. The predicted molar refractivity (Wildman–Crippen MR) is 49.6 cm³/mol. The number of rotatable bonds is 3. The van der Waals surface area contributed by atoms with Crippen LogP contribution in [0.5, 0.6) is 0 Å². The number of hydrogen-bond acceptors (Lipinski definition) is 3. The monoisotopic (exact) mass is 233 g/mol. The van der Waals surface area contributed by atoms with Crippen LogP contribution in [-0.2, 0) is 16.0 Å². The van der Waals surface area contributed by atoms with Gasteiger partial charge in [-0.3, -0.25) is 4.79 Å². The first-order valence-electron chi connectivity index (χ1n) is 4.46. The van der Waals surface area contributed by atoms with Crippen molar-refractivity contribution >= 4 is 5.97 Å². The molecule has 0 aliphatic rings. The summed E-state index contributed by atoms with van der Waals surface area (Å²) in [5.41, 5.74) is -0.438. The average Bonchev–Trinajstić information content (AvgIpc) is 2.23. The van der Waals surface area contributed by atoms with Crippen LogP contribution in [-0.4, -0.2) is 18.1 Å². The number of nitrogens with zero attached hydrogens (tertiary/aromatic N) is 1. The van der Waals surface area contributed by atoms with Crippen molar-refractivity contribution in [2.75, 3.05) is 7.11 Å². The second-order valence-electron chi connectivity index (χ2n) is 3.18. The molecular weight excluding hydrogens is 223 g/mol. The topological polar surface area (TPSA) is 39.2 Å². The minimum Gasteiger partial charge on any atom is -0.469 e. The van der Waals surface area contributed by atoms with Crippen LogP contribution in [0.15, 0.2) is 6.07 Å². The molecule has 0 fully saturated rings. The highest BCUT2D eigenvalue weighted by Crippen LogP contribution is 2.21. The molecule has 0 atom stereocenters. The Labute approximate surface area is 90.2 Å². The van der Waals surface area contributed by atoms with E-state index in [2.05, 4.69) is 9.72 Å². The second kappa shape index (κ2) is 4.96. The summed E-state index contributed by atoms with van der Waals surface area (Å²) in [5, 5.41) is 0. The van der Waals surface area contributed by atoms with E-state index in [-0.39, 0.29) is 17.5 Å². The fourth-order valence-electron chi connectivity index (χ4n) is 1.17. The van der Waals surface area contributed by atoms with Crippen molar-refractivity contribution in [2.45, 2.75) is 19.8 Å². The number of carbonyl (C=O) groups excluding carboxylic acids is 1. The van der Waals surface area contributed by atoms with Crippen LogP contribution in [0.25, 0.3) is 0 Å². The Hall–Kier alpha value is -1.59. The van der Waals surface area contributed by atoms with E-state index in [0.29, 0.717) is 0 Å². The average molecular weight is 233 g/mol. The number of halogens is 3. The van der Waals surface area contributed by atoms with Gasteiger partial charge in [-0.25, -0.2) is 13.8 Å². The SMILES string of the molecule is COC(=O)Cc1cc(C(F)F)nc(F)c1C. The van der Waals surface area contributed by atoms with Crippen LogP contribution in [0, 0.1) is 12.9 Å². The smallest absolute Gasteiger partial charge is 0.309 e. The molecule has 88 valence electrons. The van der Waals surface area contributed by atoms with Crippen LogP contribution in [0.1, 0.15) is 23.2 Å². The molecule has 6 heteroatoms. The van der Waals surface area contributed by atoms with Gasteiger partial charge in [0.25, 0.3) is 6.43 Å². The van der Waals surface area contributed by atoms with Gasteiger partial charge in [0.15, 0.2) is 0 Å². The maximum absolute atomic E-state index is 13.2. The van der Waals surface area contributed by atoms with Gasteiger partial charge in [-0.2, -0.15) is 4.39 Å². The van der Waals surface area contributed by atoms with Crippen molar-refractivity contribution in [2.24, 2.45) is 0 Å². The summed E-state index contributed by atoms with van der Waals surface area (Å²) < 4.78 is 42.2. The molecule has 0 bridgehead atoms. The molecule has 0 radical (unpaired) electrons. The van der Waals surface area contributed by atoms with Crippen molar-refractivity contribution in [3.05, 3.63) is 28.8 Å². The van der Waals surface area contributed by atoms with Crippen LogP contribution in [0.3, 0.4) is 0 Å². The van der Waals surface area contributed by atoms with Crippen molar-refractivity contribution in [3.63, 3.8) is 0 Å². The molecule has 0 unspecified atom stereocenters. The Morgan fingerprint density at radius 2 is 2.19 bits per heavy atom. The Bertz CT molecular complexity index is 407. The third kappa shape index (κ3) is 2.71. The predicted octanol–water partition coefficient (Wildman–Crippen LogP) is 2.18. The minimum absolute atomic E-state index is 0.0785. The van der Waals surface area contributed by atoms with Crippen LogP contribution in [0.4, 0.5) is 13.2 Å². The van der Waals surface area contributed by atoms with E-state index in [1.165, 1.54) is 14.0 Å². The van der Waals surface area contributed by atoms with Gasteiger partial charge in [0, 0.05) is 5.56 Å². The summed E-state index contributed by atoms with van der Waals surface area (Å²) in [6.45, 7) is 1.37. The third-order valence-corrected chi connectivity index (χ3v) is 2.13. The van der Waals surface area contributed by atoms with Gasteiger partial charge >= 0.3 is 5.97 Å². The van der Waals surface area contributed by atoms with E-state index >= 15 is 0 Å². The molecule has 0 N–H and O–H groups in total. The number of ether oxygens (including phenoxy) is 1. The summed E-state index contributed by atoms with van der Waals surface area (Å²) in [4.78, 5) is 14.1. The van der Waals surface area contributed by atoms with Gasteiger partial charge in [-0.1, -0.05) is 0 Å². The molecule has 0 amide bonds. The van der Waals surface area contributed by atoms with Gasteiger partial charge in [-0.15, -0.1) is 0 Å². The lowest BCUT2D eigenvalue weighted by Crippen LogP contribution is -2.09. The highest BCUT2D eigenvalue weighted by atomic mass is 19.3. The quantitative estimate of drug-likeness (QED) is 0.593. The number of esters is 1. The molecule has 3 nitrogen and oxygen atoms in total. The number of methoxy groups -OCH3 is 1. The lowest BCUT2D eigenvalue weighted by atomic mass is 10.1. The fourth-order valence-corrected chi connectivity index (χ4v) is 1.17. The maximum Gasteiger partial charge on any atom is 0.309 e. The summed E-state index contributed by atoms with van der Waals surface area (Å²) in [6.07, 6.45) is -3.12. The van der Waals surface area contributed by atoms with E-state index in [1.807, 2.05) is 0 Å². The Balaban J connectivity index is 3.11. The fraction of sp³-hybridized carbons (Fsp3) is 0.400. The molecule has 0 spiro atoms. The summed E-state index contributed by atoms with van der Waals surface area (Å²) in [6, 6.07) is 1.01. The largest absolute Gasteiger partial charge is 0.469 e. The lowest BCUT2D eigenvalue weighted by molar-refractivity contribution is -0.139. The van der Waals surface area contributed by atoms with Crippen LogP contribution in [0.2, 0.25) is 0 Å². The van der Waals surface area contributed by atoms with E-state index < -0.39 is 24.0 Å². The lowest BCUT2D eigenvalue weighted by Gasteiger charge is -2.08. The molecule has 0 saturated heterocycles. The maximum atomic E-state index is 13.2. The van der Waals surface area contributed by atoms with E-state index in [1.54, 1.807) is 0 Å². The van der Waals surface area contributed by atoms with E-state index in [4.69, 9.17) is 0 Å². The molecule has 1 heterocycles. The number of aromatic nitrogens is 1. The van der Waals surface area contributed by atoms with Crippen molar-refractivity contribution < 1.29 is 22.7 Å². The van der Waals surface area contributed by atoms with E-state index in [9.17, 15) is 18.0 Å². The minimum atomic E-state index is -2.87. The highest BCUT2D eigenvalue weighted by molar-refractivity contribution is 5.72. The normalized spacial score (nSPS) is 10.6. The molecule has 0 aliphatic carbocycles. The summed E-state index contributed by atoms with van der Waals surface area (Å²) >= 11 is 0. The summed E-state index contributed by atoms with van der Waals surface area (Å²) in [7, 11) is 1.17. The summed E-state index contributed by atoms with van der Waals surface area (Å²) in [5.74, 6) is -1.61. The number of hydrogen-bond donors (Lipinski definition) is 0. The van der Waals surface area contributed by atoms with Crippen LogP contribution < -0.4 is 0 Å². The number of pyridine rings is 1. The molecule has 0 aliphatic heterocycles. The van der Waals surface area contributed by atoms with Crippen molar-refractivity contribution in [1.82, 2.24) is 4.98 Å². The molecular formula is C10H10F3NO2. The molecule has 1 rings (SSSR count). The standard InChI is InChI=1S/C10H10F3NO2/c1-5-6(4-8(15)16-2)3-7(9(11)12)14-10(5)13/h3,9H,4H2,1-2H3. The number of carbonyl (C=O) groups is 1. The first-order chi connectivity index (χ1) is 7.45. The second-order valence-corrected chi connectivity index (χ2v) is 3.18. The van der Waals surface area contributed by atoms with Crippen LogP contribution >= 0.6 is 0 Å². The molecule has 16 heavy (non-hydrogen) atoms. The van der Waals surface area contributed by atoms with Gasteiger partial charge < -0.3 is 4.74 Å². The zero-order valence-corrected chi connectivity index (χ0v) is 8.76. The van der Waals surface area contributed by atoms with Crippen molar-refractivity contribution in [1.29, 1.82) is 0 Å². The molecule has 0 aromatic carbocycles. The zero-order chi connectivity index (χ0) is 12.3.